The zero-order valence-electron chi connectivity index (χ0n) is 11.3. The molecule has 0 radical (unpaired) electrons. The normalized spacial score (nSPS) is 10.8. The summed E-state index contributed by atoms with van der Waals surface area (Å²) in [7, 11) is 0. The maximum absolute atomic E-state index is 9.54. The van der Waals surface area contributed by atoms with Crippen LogP contribution in [-0.2, 0) is 0 Å². The number of nitrogen functional groups attached to an aromatic ring is 1. The second-order valence-corrected chi connectivity index (χ2v) is 5.13. The number of phenolic OH excluding ortho intramolecular Hbond substituents is 1. The molecule has 0 fully saturated rings. The zero-order chi connectivity index (χ0) is 15.0. The molecule has 21 heavy (non-hydrogen) atoms. The molecule has 5 nitrogen and oxygen atoms in total. The molecule has 0 spiro atoms. The molecule has 0 atom stereocenters. The number of benzene rings is 2. The summed E-state index contributed by atoms with van der Waals surface area (Å²) in [5.41, 5.74) is 9.15. The summed E-state index contributed by atoms with van der Waals surface area (Å²) in [5, 5.41) is 18.4. The molecule has 3 N–H and O–H groups in total. The Balaban J connectivity index is 2.09. The molecule has 0 amide bonds. The molecule has 0 aliphatic rings. The number of nitrogens with zero attached hydrogens (tertiary/aromatic N) is 3. The van der Waals surface area contributed by atoms with Gasteiger partial charge < -0.3 is 10.8 Å². The van der Waals surface area contributed by atoms with E-state index in [0.29, 0.717) is 22.2 Å². The Bertz CT molecular complexity index is 813. The molecule has 2 aromatic carbocycles. The van der Waals surface area contributed by atoms with Crippen LogP contribution in [0.3, 0.4) is 0 Å². The maximum Gasteiger partial charge on any atom is 0.155 e. The van der Waals surface area contributed by atoms with Gasteiger partial charge in [0.05, 0.1) is 5.69 Å². The minimum absolute atomic E-state index is 0.145. The second-order valence-electron chi connectivity index (χ2n) is 4.72. The third-order valence-electron chi connectivity index (χ3n) is 3.21. The first-order valence-corrected chi connectivity index (χ1v) is 6.71. The fourth-order valence-electron chi connectivity index (χ4n) is 2.10. The van der Waals surface area contributed by atoms with E-state index in [0.717, 1.165) is 11.1 Å². The van der Waals surface area contributed by atoms with Gasteiger partial charge in [0.25, 0.3) is 0 Å². The highest BCUT2D eigenvalue weighted by Crippen LogP contribution is 2.28. The van der Waals surface area contributed by atoms with Gasteiger partial charge in [0, 0.05) is 16.7 Å². The highest BCUT2D eigenvalue weighted by atomic mass is 35.5. The summed E-state index contributed by atoms with van der Waals surface area (Å²) in [6, 6.07) is 12.2. The maximum atomic E-state index is 9.54. The molecule has 3 aromatic rings. The van der Waals surface area contributed by atoms with Crippen LogP contribution in [0.5, 0.6) is 5.75 Å². The number of halogens is 1. The van der Waals surface area contributed by atoms with E-state index in [1.165, 1.54) is 4.68 Å². The predicted molar refractivity (Wildman–Crippen MR) is 82.6 cm³/mol. The van der Waals surface area contributed by atoms with Crippen molar-refractivity contribution < 1.29 is 5.11 Å². The molecule has 3 rings (SSSR count). The van der Waals surface area contributed by atoms with Gasteiger partial charge in [-0.1, -0.05) is 28.9 Å². The van der Waals surface area contributed by atoms with E-state index in [2.05, 4.69) is 10.3 Å². The zero-order valence-corrected chi connectivity index (χ0v) is 12.0. The van der Waals surface area contributed by atoms with Crippen LogP contribution in [0.1, 0.15) is 5.56 Å². The Morgan fingerprint density at radius 2 is 2.00 bits per heavy atom. The number of rotatable bonds is 2. The summed E-state index contributed by atoms with van der Waals surface area (Å²) in [5.74, 6) is 0.550. The van der Waals surface area contributed by atoms with Gasteiger partial charge in [-0.2, -0.15) is 4.68 Å². The number of hydrogen-bond acceptors (Lipinski definition) is 4. The van der Waals surface area contributed by atoms with Crippen molar-refractivity contribution in [3.63, 3.8) is 0 Å². The second kappa shape index (κ2) is 5.10. The van der Waals surface area contributed by atoms with Gasteiger partial charge in [-0.05, 0) is 36.8 Å². The number of nitrogens with two attached hydrogens (primary N) is 1. The molecular formula is C15H13ClN4O. The molecule has 106 valence electrons. The van der Waals surface area contributed by atoms with Crippen molar-refractivity contribution in [3.05, 3.63) is 53.1 Å². The average Bonchev–Trinajstić information content (AvgIpc) is 2.84. The first-order chi connectivity index (χ1) is 10.1. The van der Waals surface area contributed by atoms with Crippen LogP contribution in [0.4, 0.5) is 5.82 Å². The van der Waals surface area contributed by atoms with E-state index in [9.17, 15) is 5.11 Å². The van der Waals surface area contributed by atoms with E-state index in [1.807, 2.05) is 19.1 Å². The van der Waals surface area contributed by atoms with Gasteiger partial charge in [0.2, 0.25) is 0 Å². The molecule has 1 heterocycles. The van der Waals surface area contributed by atoms with E-state index >= 15 is 0 Å². The van der Waals surface area contributed by atoms with E-state index in [1.54, 1.807) is 30.3 Å². The van der Waals surface area contributed by atoms with Crippen LogP contribution in [-0.4, -0.2) is 20.1 Å². The summed E-state index contributed by atoms with van der Waals surface area (Å²) in [4.78, 5) is 0. The smallest absolute Gasteiger partial charge is 0.155 e. The summed E-state index contributed by atoms with van der Waals surface area (Å²) in [6.07, 6.45) is 0. The molecule has 0 saturated heterocycles. The van der Waals surface area contributed by atoms with Crippen LogP contribution in [0, 0.1) is 6.92 Å². The van der Waals surface area contributed by atoms with Crippen molar-refractivity contribution in [3.8, 4) is 22.7 Å². The number of phenols is 1. The van der Waals surface area contributed by atoms with Crippen molar-refractivity contribution in [2.24, 2.45) is 0 Å². The lowest BCUT2D eigenvalue weighted by Crippen LogP contribution is -2.02. The first-order valence-electron chi connectivity index (χ1n) is 6.33. The summed E-state index contributed by atoms with van der Waals surface area (Å²) in [6.45, 7) is 1.92. The summed E-state index contributed by atoms with van der Waals surface area (Å²) >= 11 is 6.03. The lowest BCUT2D eigenvalue weighted by Gasteiger charge is -2.05. The van der Waals surface area contributed by atoms with Crippen LogP contribution < -0.4 is 5.73 Å². The van der Waals surface area contributed by atoms with Crippen LogP contribution in [0.2, 0.25) is 5.02 Å². The molecule has 6 heteroatoms. The number of hydrogen-bond donors (Lipinski definition) is 2. The topological polar surface area (TPSA) is 77.0 Å². The van der Waals surface area contributed by atoms with E-state index < -0.39 is 0 Å². The fraction of sp³-hybridized carbons (Fsp3) is 0.0667. The van der Waals surface area contributed by atoms with Crippen molar-refractivity contribution >= 4 is 17.4 Å². The summed E-state index contributed by atoms with van der Waals surface area (Å²) < 4.78 is 1.49. The average molecular weight is 301 g/mol. The Labute approximate surface area is 126 Å². The Morgan fingerprint density at radius 1 is 1.19 bits per heavy atom. The molecule has 0 aliphatic heterocycles. The molecular weight excluding hydrogens is 288 g/mol. The monoisotopic (exact) mass is 300 g/mol. The van der Waals surface area contributed by atoms with E-state index in [-0.39, 0.29) is 5.75 Å². The van der Waals surface area contributed by atoms with Gasteiger partial charge in [0.1, 0.15) is 11.4 Å². The molecule has 0 saturated carbocycles. The van der Waals surface area contributed by atoms with E-state index in [4.69, 9.17) is 17.3 Å². The molecule has 1 aromatic heterocycles. The van der Waals surface area contributed by atoms with Gasteiger partial charge in [-0.15, -0.1) is 5.10 Å². The van der Waals surface area contributed by atoms with Gasteiger partial charge in [-0.3, -0.25) is 0 Å². The lowest BCUT2D eigenvalue weighted by molar-refractivity contribution is 0.475. The number of aromatic hydroxyl groups is 1. The fourth-order valence-corrected chi connectivity index (χ4v) is 2.22. The number of aromatic nitrogens is 3. The lowest BCUT2D eigenvalue weighted by atomic mass is 10.1. The standard InChI is InChI=1S/C15H13ClN4O/c1-9-7-10(5-6-13(9)16)14-15(17)20(19-18-14)11-3-2-4-12(21)8-11/h2-8,21H,17H2,1H3. The molecule has 0 unspecified atom stereocenters. The van der Waals surface area contributed by atoms with Gasteiger partial charge in [-0.25, -0.2) is 0 Å². The number of anilines is 1. The third-order valence-corrected chi connectivity index (χ3v) is 3.63. The van der Waals surface area contributed by atoms with Crippen molar-refractivity contribution in [2.45, 2.75) is 6.92 Å². The van der Waals surface area contributed by atoms with Crippen LogP contribution >= 0.6 is 11.6 Å². The minimum atomic E-state index is 0.145. The Hall–Kier alpha value is -2.53. The first kappa shape index (κ1) is 13.5. The van der Waals surface area contributed by atoms with Crippen molar-refractivity contribution in [2.75, 3.05) is 5.73 Å². The highest BCUT2D eigenvalue weighted by molar-refractivity contribution is 6.31. The Kier molecular flexibility index (Phi) is 3.27. The quantitative estimate of drug-likeness (QED) is 0.762. The van der Waals surface area contributed by atoms with Gasteiger partial charge in [0.15, 0.2) is 5.82 Å². The third kappa shape index (κ3) is 2.43. The molecule has 0 aliphatic carbocycles. The SMILES string of the molecule is Cc1cc(-c2nnn(-c3cccc(O)c3)c2N)ccc1Cl. The predicted octanol–water partition coefficient (Wildman–Crippen LogP) is 3.18. The molecule has 0 bridgehead atoms. The van der Waals surface area contributed by atoms with Crippen LogP contribution in [0.25, 0.3) is 16.9 Å². The Morgan fingerprint density at radius 3 is 2.71 bits per heavy atom. The van der Waals surface area contributed by atoms with Crippen LogP contribution in [0.15, 0.2) is 42.5 Å². The number of aryl methyl sites for hydroxylation is 1. The minimum Gasteiger partial charge on any atom is -0.508 e. The highest BCUT2D eigenvalue weighted by Gasteiger charge is 2.14. The van der Waals surface area contributed by atoms with Gasteiger partial charge >= 0.3 is 0 Å². The largest absolute Gasteiger partial charge is 0.508 e. The van der Waals surface area contributed by atoms with Crippen molar-refractivity contribution in [1.29, 1.82) is 0 Å². The van der Waals surface area contributed by atoms with Crippen molar-refractivity contribution in [1.82, 2.24) is 15.0 Å².